The van der Waals surface area contributed by atoms with Gasteiger partial charge in [0.15, 0.2) is 5.72 Å². The third-order valence-corrected chi connectivity index (χ3v) is 2.39. The van der Waals surface area contributed by atoms with Crippen LogP contribution in [0.4, 0.5) is 0 Å². The van der Waals surface area contributed by atoms with Crippen molar-refractivity contribution < 1.29 is 5.11 Å². The second-order valence-corrected chi connectivity index (χ2v) is 3.38. The number of nitrogens with two attached hydrogens (primary N) is 1. The lowest BCUT2D eigenvalue weighted by Crippen LogP contribution is -2.46. The van der Waals surface area contributed by atoms with Gasteiger partial charge in [0, 0.05) is 18.2 Å². The highest BCUT2D eigenvalue weighted by Crippen LogP contribution is 2.31. The minimum atomic E-state index is -1.31. The topological polar surface area (TPSA) is 85.7 Å². The van der Waals surface area contributed by atoms with Gasteiger partial charge in [0.1, 0.15) is 0 Å². The first-order valence-corrected chi connectivity index (χ1v) is 4.59. The van der Waals surface area contributed by atoms with Crippen LogP contribution in [-0.2, 0) is 5.72 Å². The van der Waals surface area contributed by atoms with Crippen LogP contribution in [0, 0.1) is 5.41 Å². The van der Waals surface area contributed by atoms with Gasteiger partial charge in [-0.15, -0.1) is 0 Å². The fourth-order valence-corrected chi connectivity index (χ4v) is 1.64. The molecule has 1 unspecified atom stereocenters. The molecule has 0 aliphatic carbocycles. The van der Waals surface area contributed by atoms with Crippen molar-refractivity contribution in [3.8, 4) is 0 Å². The van der Waals surface area contributed by atoms with E-state index < -0.39 is 5.72 Å². The molecule has 0 fully saturated rings. The number of guanidine groups is 1. The van der Waals surface area contributed by atoms with Crippen molar-refractivity contribution in [3.05, 3.63) is 35.9 Å². The predicted octanol–water partition coefficient (Wildman–Crippen LogP) is 0.417. The molecule has 1 aromatic carbocycles. The molecule has 1 atom stereocenters. The molecule has 5 nitrogen and oxygen atoms in total. The second kappa shape index (κ2) is 3.36. The summed E-state index contributed by atoms with van der Waals surface area (Å²) in [6, 6.07) is 9.07. The lowest BCUT2D eigenvalue weighted by atomic mass is 10.0. The van der Waals surface area contributed by atoms with Crippen LogP contribution in [0.2, 0.25) is 0 Å². The molecule has 1 aromatic rings. The van der Waals surface area contributed by atoms with E-state index in [4.69, 9.17) is 11.1 Å². The first-order valence-electron chi connectivity index (χ1n) is 4.59. The van der Waals surface area contributed by atoms with E-state index in [0.717, 1.165) is 5.01 Å². The Morgan fingerprint density at radius 3 is 2.73 bits per heavy atom. The molecule has 1 aliphatic heterocycles. The second-order valence-electron chi connectivity index (χ2n) is 3.38. The molecule has 0 radical (unpaired) electrons. The fourth-order valence-electron chi connectivity index (χ4n) is 1.64. The van der Waals surface area contributed by atoms with E-state index in [2.05, 4.69) is 5.10 Å². The molecular weight excluding hydrogens is 192 g/mol. The highest BCUT2D eigenvalue weighted by Gasteiger charge is 2.40. The van der Waals surface area contributed by atoms with Gasteiger partial charge in [-0.25, -0.2) is 0 Å². The molecular formula is C10H12N4O. The summed E-state index contributed by atoms with van der Waals surface area (Å²) < 4.78 is 0. The van der Waals surface area contributed by atoms with Crippen molar-refractivity contribution in [3.63, 3.8) is 0 Å². The van der Waals surface area contributed by atoms with Gasteiger partial charge >= 0.3 is 0 Å². The van der Waals surface area contributed by atoms with Gasteiger partial charge in [0.25, 0.3) is 0 Å². The maximum Gasteiger partial charge on any atom is 0.212 e. The molecule has 0 saturated carbocycles. The molecule has 1 heterocycles. The highest BCUT2D eigenvalue weighted by molar-refractivity contribution is 5.79. The van der Waals surface area contributed by atoms with Crippen LogP contribution in [0.5, 0.6) is 0 Å². The Labute approximate surface area is 87.3 Å². The van der Waals surface area contributed by atoms with E-state index in [1.165, 1.54) is 0 Å². The van der Waals surface area contributed by atoms with Crippen molar-refractivity contribution >= 4 is 12.2 Å². The zero-order valence-electron chi connectivity index (χ0n) is 8.09. The molecule has 4 N–H and O–H groups in total. The first-order chi connectivity index (χ1) is 7.14. The van der Waals surface area contributed by atoms with Crippen LogP contribution in [-0.4, -0.2) is 22.3 Å². The number of hydrogen-bond acceptors (Lipinski definition) is 3. The Morgan fingerprint density at radius 1 is 1.47 bits per heavy atom. The first kappa shape index (κ1) is 9.67. The summed E-state index contributed by atoms with van der Waals surface area (Å²) in [7, 11) is 0. The average Bonchev–Trinajstić information content (AvgIpc) is 2.63. The zero-order valence-corrected chi connectivity index (χ0v) is 8.09. The number of nitrogens with zero attached hydrogens (tertiary/aromatic N) is 2. The molecule has 0 saturated heterocycles. The molecule has 5 heteroatoms. The molecule has 15 heavy (non-hydrogen) atoms. The maximum absolute atomic E-state index is 10.4. The Kier molecular flexibility index (Phi) is 2.17. The number of benzene rings is 1. The van der Waals surface area contributed by atoms with E-state index in [-0.39, 0.29) is 5.96 Å². The number of rotatable bonds is 1. The van der Waals surface area contributed by atoms with Crippen LogP contribution >= 0.6 is 0 Å². The van der Waals surface area contributed by atoms with E-state index in [1.807, 2.05) is 18.2 Å². The molecule has 0 aromatic heterocycles. The van der Waals surface area contributed by atoms with Gasteiger partial charge in [-0.05, 0) is 0 Å². The summed E-state index contributed by atoms with van der Waals surface area (Å²) in [5.74, 6) is -0.268. The normalized spacial score (nSPS) is 24.5. The summed E-state index contributed by atoms with van der Waals surface area (Å²) in [6.45, 7) is 0. The summed E-state index contributed by atoms with van der Waals surface area (Å²) in [4.78, 5) is 0. The molecule has 0 bridgehead atoms. The standard InChI is InChI=1S/C10H12N4O/c11-9(12)14-10(15,6-7-13-14)8-4-2-1-3-5-8/h1-5,7,15H,6H2,(H3,11,12). The number of hydrogen-bond donors (Lipinski definition) is 3. The van der Waals surface area contributed by atoms with Crippen molar-refractivity contribution in [1.82, 2.24) is 5.01 Å². The Morgan fingerprint density at radius 2 is 2.13 bits per heavy atom. The van der Waals surface area contributed by atoms with Crippen molar-refractivity contribution in [1.29, 1.82) is 5.41 Å². The number of hydrazone groups is 1. The van der Waals surface area contributed by atoms with Gasteiger partial charge in [0.05, 0.1) is 0 Å². The molecule has 2 rings (SSSR count). The van der Waals surface area contributed by atoms with Crippen LogP contribution < -0.4 is 5.73 Å². The van der Waals surface area contributed by atoms with Gasteiger partial charge in [-0.1, -0.05) is 30.3 Å². The van der Waals surface area contributed by atoms with Crippen molar-refractivity contribution in [2.24, 2.45) is 10.8 Å². The monoisotopic (exact) mass is 204 g/mol. The number of aliphatic hydroxyl groups is 1. The Bertz CT molecular complexity index is 403. The average molecular weight is 204 g/mol. The minimum absolute atomic E-state index is 0.268. The van der Waals surface area contributed by atoms with Gasteiger partial charge < -0.3 is 10.8 Å². The van der Waals surface area contributed by atoms with Crippen LogP contribution in [0.3, 0.4) is 0 Å². The van der Waals surface area contributed by atoms with Crippen molar-refractivity contribution in [2.75, 3.05) is 0 Å². The molecule has 1 aliphatic rings. The largest absolute Gasteiger partial charge is 0.368 e. The third kappa shape index (κ3) is 1.46. The lowest BCUT2D eigenvalue weighted by Gasteiger charge is -2.31. The zero-order chi connectivity index (χ0) is 10.9. The van der Waals surface area contributed by atoms with E-state index in [9.17, 15) is 5.11 Å². The maximum atomic E-state index is 10.4. The highest BCUT2D eigenvalue weighted by atomic mass is 16.3. The van der Waals surface area contributed by atoms with Gasteiger partial charge in [-0.2, -0.15) is 10.1 Å². The predicted molar refractivity (Wildman–Crippen MR) is 57.2 cm³/mol. The smallest absolute Gasteiger partial charge is 0.212 e. The quantitative estimate of drug-likeness (QED) is 0.457. The lowest BCUT2D eigenvalue weighted by molar-refractivity contribution is -0.0581. The van der Waals surface area contributed by atoms with Crippen molar-refractivity contribution in [2.45, 2.75) is 12.1 Å². The van der Waals surface area contributed by atoms with Gasteiger partial charge in [0.2, 0.25) is 5.96 Å². The van der Waals surface area contributed by atoms with Crippen LogP contribution in [0.1, 0.15) is 12.0 Å². The van der Waals surface area contributed by atoms with E-state index >= 15 is 0 Å². The number of nitrogens with one attached hydrogen (secondary N) is 1. The summed E-state index contributed by atoms with van der Waals surface area (Å²) in [5.41, 5.74) is 4.71. The minimum Gasteiger partial charge on any atom is -0.368 e. The van der Waals surface area contributed by atoms with Crippen LogP contribution in [0.25, 0.3) is 0 Å². The third-order valence-electron chi connectivity index (χ3n) is 2.39. The SMILES string of the molecule is N=C(N)N1N=CCC1(O)c1ccccc1. The van der Waals surface area contributed by atoms with E-state index in [0.29, 0.717) is 12.0 Å². The van der Waals surface area contributed by atoms with Crippen LogP contribution in [0.15, 0.2) is 35.4 Å². The summed E-state index contributed by atoms with van der Waals surface area (Å²) in [5, 5.41) is 22.7. The Balaban J connectivity index is 2.39. The molecule has 0 amide bonds. The Hall–Kier alpha value is -1.88. The van der Waals surface area contributed by atoms with Gasteiger partial charge in [-0.3, -0.25) is 5.41 Å². The molecule has 78 valence electrons. The molecule has 0 spiro atoms. The summed E-state index contributed by atoms with van der Waals surface area (Å²) >= 11 is 0. The summed E-state index contributed by atoms with van der Waals surface area (Å²) in [6.07, 6.45) is 1.88. The van der Waals surface area contributed by atoms with E-state index in [1.54, 1.807) is 18.3 Å². The fraction of sp³-hybridized carbons (Fsp3) is 0.200.